The first-order chi connectivity index (χ1) is 11.2. The number of hydrogen-bond donors (Lipinski definition) is 2. The summed E-state index contributed by atoms with van der Waals surface area (Å²) in [5, 5.41) is 5.66. The summed E-state index contributed by atoms with van der Waals surface area (Å²) in [5.41, 5.74) is 7.22. The highest BCUT2D eigenvalue weighted by molar-refractivity contribution is 7.09. The van der Waals surface area contributed by atoms with Crippen LogP contribution in [-0.2, 0) is 17.8 Å². The molecule has 0 saturated carbocycles. The number of nitrogens with one attached hydrogen (secondary N) is 1. The van der Waals surface area contributed by atoms with E-state index in [0.29, 0.717) is 6.54 Å². The molecule has 2 rings (SSSR count). The Morgan fingerprint density at radius 2 is 2.08 bits per heavy atom. The van der Waals surface area contributed by atoms with Crippen molar-refractivity contribution in [2.75, 3.05) is 0 Å². The molecule has 1 unspecified atom stereocenters. The molecule has 0 fully saturated rings. The van der Waals surface area contributed by atoms with Crippen molar-refractivity contribution in [3.8, 4) is 5.75 Å². The SMILES string of the molecule is CC(N)c1nc(CC(=O)NCc2ccccc2OC(C)(C)C)cs1. The van der Waals surface area contributed by atoms with Crippen molar-refractivity contribution in [2.24, 2.45) is 5.73 Å². The number of hydrogen-bond acceptors (Lipinski definition) is 5. The van der Waals surface area contributed by atoms with Gasteiger partial charge in [-0.25, -0.2) is 4.98 Å². The van der Waals surface area contributed by atoms with E-state index in [1.54, 1.807) is 0 Å². The standard InChI is InChI=1S/C18H25N3O2S/c1-12(19)17-21-14(11-24-17)9-16(22)20-10-13-7-5-6-8-15(13)23-18(2,3)4/h5-8,11-12H,9-10,19H2,1-4H3,(H,20,22). The second kappa shape index (κ2) is 7.77. The first-order valence-corrected chi connectivity index (χ1v) is 8.86. The van der Waals surface area contributed by atoms with Gasteiger partial charge in [0.25, 0.3) is 0 Å². The lowest BCUT2D eigenvalue weighted by Gasteiger charge is -2.23. The summed E-state index contributed by atoms with van der Waals surface area (Å²) in [6.45, 7) is 8.31. The topological polar surface area (TPSA) is 77.2 Å². The van der Waals surface area contributed by atoms with Crippen LogP contribution in [0.1, 0.15) is 50.0 Å². The Kier molecular flexibility index (Phi) is 5.96. The Balaban J connectivity index is 1.94. The zero-order valence-corrected chi connectivity index (χ0v) is 15.4. The van der Waals surface area contributed by atoms with Gasteiger partial charge in [-0.2, -0.15) is 0 Å². The number of ether oxygens (including phenoxy) is 1. The second-order valence-electron chi connectivity index (χ2n) is 6.74. The molecule has 1 aromatic heterocycles. The number of rotatable bonds is 6. The van der Waals surface area contributed by atoms with Gasteiger partial charge in [0.05, 0.1) is 18.2 Å². The third-order valence-electron chi connectivity index (χ3n) is 3.17. The first kappa shape index (κ1) is 18.4. The van der Waals surface area contributed by atoms with E-state index in [-0.39, 0.29) is 24.0 Å². The Morgan fingerprint density at radius 3 is 2.71 bits per heavy atom. The van der Waals surface area contributed by atoms with E-state index in [9.17, 15) is 4.79 Å². The Hall–Kier alpha value is -1.92. The van der Waals surface area contributed by atoms with E-state index in [0.717, 1.165) is 22.0 Å². The van der Waals surface area contributed by atoms with Crippen LogP contribution in [0.5, 0.6) is 5.75 Å². The molecule has 5 nitrogen and oxygen atoms in total. The summed E-state index contributed by atoms with van der Waals surface area (Å²) in [5.74, 6) is 0.722. The molecule has 1 atom stereocenters. The van der Waals surface area contributed by atoms with Crippen molar-refractivity contribution in [1.29, 1.82) is 0 Å². The van der Waals surface area contributed by atoms with Gasteiger partial charge in [0.15, 0.2) is 0 Å². The van der Waals surface area contributed by atoms with Crippen LogP contribution in [0.2, 0.25) is 0 Å². The molecule has 1 amide bonds. The highest BCUT2D eigenvalue weighted by Gasteiger charge is 2.15. The third-order valence-corrected chi connectivity index (χ3v) is 4.26. The second-order valence-corrected chi connectivity index (χ2v) is 7.63. The van der Waals surface area contributed by atoms with E-state index in [2.05, 4.69) is 10.3 Å². The normalized spacial score (nSPS) is 12.7. The van der Waals surface area contributed by atoms with E-state index < -0.39 is 0 Å². The molecule has 24 heavy (non-hydrogen) atoms. The number of amides is 1. The minimum absolute atomic E-state index is 0.0675. The lowest BCUT2D eigenvalue weighted by atomic mass is 10.1. The summed E-state index contributed by atoms with van der Waals surface area (Å²) in [6, 6.07) is 7.64. The quantitative estimate of drug-likeness (QED) is 0.841. The van der Waals surface area contributed by atoms with Gasteiger partial charge in [0.2, 0.25) is 5.91 Å². The molecule has 3 N–H and O–H groups in total. The number of benzene rings is 1. The van der Waals surface area contributed by atoms with Crippen molar-refractivity contribution in [3.63, 3.8) is 0 Å². The summed E-state index contributed by atoms with van der Waals surface area (Å²) in [7, 11) is 0. The summed E-state index contributed by atoms with van der Waals surface area (Å²) >= 11 is 1.49. The van der Waals surface area contributed by atoms with Crippen LogP contribution >= 0.6 is 11.3 Å². The van der Waals surface area contributed by atoms with Gasteiger partial charge in [0.1, 0.15) is 16.4 Å². The Bertz CT molecular complexity index is 690. The lowest BCUT2D eigenvalue weighted by Crippen LogP contribution is -2.27. The number of aromatic nitrogens is 1. The molecule has 1 heterocycles. The number of para-hydroxylation sites is 1. The Labute approximate surface area is 147 Å². The van der Waals surface area contributed by atoms with E-state index in [1.807, 2.05) is 57.3 Å². The fraction of sp³-hybridized carbons (Fsp3) is 0.444. The molecule has 130 valence electrons. The smallest absolute Gasteiger partial charge is 0.226 e. The van der Waals surface area contributed by atoms with E-state index >= 15 is 0 Å². The summed E-state index contributed by atoms with van der Waals surface area (Å²) in [6.07, 6.45) is 0.255. The highest BCUT2D eigenvalue weighted by atomic mass is 32.1. The van der Waals surface area contributed by atoms with Crippen LogP contribution in [0.25, 0.3) is 0 Å². The molecule has 0 bridgehead atoms. The van der Waals surface area contributed by atoms with Gasteiger partial charge in [-0.3, -0.25) is 4.79 Å². The van der Waals surface area contributed by atoms with Crippen molar-refractivity contribution < 1.29 is 9.53 Å². The average Bonchev–Trinajstić information content (AvgIpc) is 2.93. The minimum Gasteiger partial charge on any atom is -0.488 e. The van der Waals surface area contributed by atoms with Crippen LogP contribution in [-0.4, -0.2) is 16.5 Å². The van der Waals surface area contributed by atoms with Crippen molar-refractivity contribution >= 4 is 17.2 Å². The van der Waals surface area contributed by atoms with Gasteiger partial charge in [-0.05, 0) is 33.8 Å². The minimum atomic E-state index is -0.282. The third kappa shape index (κ3) is 5.62. The van der Waals surface area contributed by atoms with Crippen LogP contribution < -0.4 is 15.8 Å². The van der Waals surface area contributed by atoms with E-state index in [4.69, 9.17) is 10.5 Å². The van der Waals surface area contributed by atoms with Crippen LogP contribution in [0.3, 0.4) is 0 Å². The number of carbonyl (C=O) groups is 1. The fourth-order valence-corrected chi connectivity index (χ4v) is 2.89. The first-order valence-electron chi connectivity index (χ1n) is 7.98. The van der Waals surface area contributed by atoms with Gasteiger partial charge in [-0.15, -0.1) is 11.3 Å². The molecule has 0 aliphatic rings. The number of nitrogens with two attached hydrogens (primary N) is 1. The van der Waals surface area contributed by atoms with Gasteiger partial charge in [0, 0.05) is 17.5 Å². The number of carbonyl (C=O) groups excluding carboxylic acids is 1. The van der Waals surface area contributed by atoms with E-state index in [1.165, 1.54) is 11.3 Å². The molecule has 2 aromatic rings. The monoisotopic (exact) mass is 347 g/mol. The van der Waals surface area contributed by atoms with Crippen molar-refractivity contribution in [3.05, 3.63) is 45.9 Å². The summed E-state index contributed by atoms with van der Waals surface area (Å²) in [4.78, 5) is 16.5. The predicted molar refractivity (Wildman–Crippen MR) is 97.1 cm³/mol. The van der Waals surface area contributed by atoms with Gasteiger partial charge >= 0.3 is 0 Å². The van der Waals surface area contributed by atoms with Crippen LogP contribution in [0.15, 0.2) is 29.6 Å². The molecule has 6 heteroatoms. The predicted octanol–water partition coefficient (Wildman–Crippen LogP) is 3.20. The fourth-order valence-electron chi connectivity index (χ4n) is 2.11. The Morgan fingerprint density at radius 1 is 1.38 bits per heavy atom. The maximum atomic E-state index is 12.1. The van der Waals surface area contributed by atoms with Crippen LogP contribution in [0, 0.1) is 0 Å². The zero-order chi connectivity index (χ0) is 17.7. The maximum absolute atomic E-state index is 12.1. The van der Waals surface area contributed by atoms with Gasteiger partial charge < -0.3 is 15.8 Å². The lowest BCUT2D eigenvalue weighted by molar-refractivity contribution is -0.120. The average molecular weight is 347 g/mol. The number of thiazole rings is 1. The van der Waals surface area contributed by atoms with Crippen molar-refractivity contribution in [1.82, 2.24) is 10.3 Å². The molecule has 0 aliphatic heterocycles. The van der Waals surface area contributed by atoms with Crippen molar-refractivity contribution in [2.45, 2.75) is 52.3 Å². The largest absolute Gasteiger partial charge is 0.488 e. The van der Waals surface area contributed by atoms with Crippen LogP contribution in [0.4, 0.5) is 0 Å². The maximum Gasteiger partial charge on any atom is 0.226 e. The molecule has 1 aromatic carbocycles. The zero-order valence-electron chi connectivity index (χ0n) is 14.6. The highest BCUT2D eigenvalue weighted by Crippen LogP contribution is 2.23. The molecular formula is C18H25N3O2S. The van der Waals surface area contributed by atoms with Gasteiger partial charge in [-0.1, -0.05) is 18.2 Å². The molecule has 0 radical (unpaired) electrons. The molecule has 0 aliphatic carbocycles. The summed E-state index contributed by atoms with van der Waals surface area (Å²) < 4.78 is 5.94. The molecule has 0 saturated heterocycles. The molecular weight excluding hydrogens is 322 g/mol. The molecule has 0 spiro atoms. The number of nitrogens with zero attached hydrogens (tertiary/aromatic N) is 1.